The predicted molar refractivity (Wildman–Crippen MR) is 113 cm³/mol. The first kappa shape index (κ1) is 22.7. The molecule has 1 aliphatic heterocycles. The van der Waals surface area contributed by atoms with Gasteiger partial charge in [-0.3, -0.25) is 9.59 Å². The minimum absolute atomic E-state index is 0.116. The van der Waals surface area contributed by atoms with Crippen molar-refractivity contribution >= 4 is 23.3 Å². The van der Waals surface area contributed by atoms with Crippen LogP contribution in [0.3, 0.4) is 0 Å². The van der Waals surface area contributed by atoms with Gasteiger partial charge in [0.2, 0.25) is 11.8 Å². The largest absolute Gasteiger partial charge is 0.453 e. The Hall–Kier alpha value is -3.50. The summed E-state index contributed by atoms with van der Waals surface area (Å²) in [5, 5.41) is 6.37. The number of aromatic nitrogens is 4. The molecule has 1 N–H and O–H groups in total. The van der Waals surface area contributed by atoms with Crippen LogP contribution >= 0.6 is 0 Å². The average molecular weight is 460 g/mol. The highest BCUT2D eigenvalue weighted by atomic mass is 19.4. The molecule has 174 valence electrons. The average Bonchev–Trinajstić information content (AvgIpc) is 3.34. The van der Waals surface area contributed by atoms with Crippen molar-refractivity contribution in [1.82, 2.24) is 24.5 Å². The Morgan fingerprint density at radius 3 is 2.70 bits per heavy atom. The molecule has 0 unspecified atom stereocenters. The van der Waals surface area contributed by atoms with Gasteiger partial charge in [0.1, 0.15) is 0 Å². The Bertz CT molecular complexity index is 1220. The Balaban J connectivity index is 1.43. The summed E-state index contributed by atoms with van der Waals surface area (Å²) >= 11 is 0. The molecule has 4 rings (SSSR count). The maximum Gasteiger partial charge on any atom is 0.453 e. The van der Waals surface area contributed by atoms with Crippen LogP contribution < -0.4 is 5.32 Å². The molecule has 33 heavy (non-hydrogen) atoms. The molecule has 2 aromatic heterocycles. The number of benzene rings is 1. The standard InChI is InChI=1S/C22H23F3N6O2/c1-13-17(14(2)31-21(26-13)28-20(29-31)22(23,24)25)8-9-18(32)27-16-6-3-5-15(11-16)12-30-10-4-7-19(30)33/h3,5-6,11H,4,7-10,12H2,1-2H3,(H,27,32). The number of carbonyl (C=O) groups is 2. The fourth-order valence-electron chi connectivity index (χ4n) is 3.99. The van der Waals surface area contributed by atoms with Crippen molar-refractivity contribution in [3.63, 3.8) is 0 Å². The van der Waals surface area contributed by atoms with Crippen LogP contribution in [0.5, 0.6) is 0 Å². The van der Waals surface area contributed by atoms with E-state index in [1.165, 1.54) is 0 Å². The number of carbonyl (C=O) groups excluding carboxylic acids is 2. The van der Waals surface area contributed by atoms with E-state index in [1.54, 1.807) is 24.8 Å². The van der Waals surface area contributed by atoms with E-state index in [4.69, 9.17) is 0 Å². The van der Waals surface area contributed by atoms with Gasteiger partial charge in [-0.05, 0) is 49.9 Å². The summed E-state index contributed by atoms with van der Waals surface area (Å²) in [5.41, 5.74) is 3.17. The summed E-state index contributed by atoms with van der Waals surface area (Å²) in [7, 11) is 0. The Morgan fingerprint density at radius 1 is 1.21 bits per heavy atom. The lowest BCUT2D eigenvalue weighted by atomic mass is 10.1. The van der Waals surface area contributed by atoms with Gasteiger partial charge in [0.05, 0.1) is 0 Å². The summed E-state index contributed by atoms with van der Waals surface area (Å²) in [6.07, 6.45) is -2.83. The van der Waals surface area contributed by atoms with Crippen molar-refractivity contribution < 1.29 is 22.8 Å². The van der Waals surface area contributed by atoms with Gasteiger partial charge < -0.3 is 10.2 Å². The molecule has 0 saturated carbocycles. The fourth-order valence-corrected chi connectivity index (χ4v) is 3.99. The van der Waals surface area contributed by atoms with Gasteiger partial charge in [0.15, 0.2) is 0 Å². The molecule has 1 aliphatic rings. The van der Waals surface area contributed by atoms with Crippen molar-refractivity contribution in [2.24, 2.45) is 0 Å². The summed E-state index contributed by atoms with van der Waals surface area (Å²) in [4.78, 5) is 33.7. The van der Waals surface area contributed by atoms with Gasteiger partial charge in [0.25, 0.3) is 11.6 Å². The van der Waals surface area contributed by atoms with Gasteiger partial charge in [0, 0.05) is 43.0 Å². The molecule has 1 saturated heterocycles. The zero-order valence-corrected chi connectivity index (χ0v) is 18.2. The number of alkyl halides is 3. The lowest BCUT2D eigenvalue weighted by Gasteiger charge is -2.16. The van der Waals surface area contributed by atoms with E-state index >= 15 is 0 Å². The van der Waals surface area contributed by atoms with Crippen LogP contribution in [0, 0.1) is 13.8 Å². The lowest BCUT2D eigenvalue weighted by molar-refractivity contribution is -0.144. The zero-order chi connectivity index (χ0) is 23.8. The molecule has 3 aromatic rings. The van der Waals surface area contributed by atoms with Gasteiger partial charge in [-0.15, -0.1) is 5.10 Å². The van der Waals surface area contributed by atoms with Crippen molar-refractivity contribution in [3.8, 4) is 0 Å². The second kappa shape index (κ2) is 8.80. The third kappa shape index (κ3) is 4.96. The van der Waals surface area contributed by atoms with Crippen LogP contribution in [0.15, 0.2) is 24.3 Å². The number of likely N-dealkylation sites (tertiary alicyclic amines) is 1. The third-order valence-corrected chi connectivity index (χ3v) is 5.66. The van der Waals surface area contributed by atoms with E-state index in [0.29, 0.717) is 35.6 Å². The van der Waals surface area contributed by atoms with Crippen LogP contribution in [0.1, 0.15) is 47.6 Å². The van der Waals surface area contributed by atoms with Crippen molar-refractivity contribution in [2.75, 3.05) is 11.9 Å². The van der Waals surface area contributed by atoms with Gasteiger partial charge >= 0.3 is 6.18 Å². The lowest BCUT2D eigenvalue weighted by Crippen LogP contribution is -2.23. The van der Waals surface area contributed by atoms with E-state index in [2.05, 4.69) is 20.4 Å². The van der Waals surface area contributed by atoms with Crippen LogP contribution in [-0.4, -0.2) is 42.8 Å². The Kier molecular flexibility index (Phi) is 6.05. The monoisotopic (exact) mass is 460 g/mol. The van der Waals surface area contributed by atoms with Gasteiger partial charge in [-0.1, -0.05) is 12.1 Å². The number of aryl methyl sites for hydroxylation is 2. The number of hydrogen-bond acceptors (Lipinski definition) is 5. The number of amides is 2. The van der Waals surface area contributed by atoms with E-state index in [1.807, 2.05) is 18.2 Å². The molecule has 1 aromatic carbocycles. The van der Waals surface area contributed by atoms with Crippen LogP contribution in [0.25, 0.3) is 5.78 Å². The van der Waals surface area contributed by atoms with Crippen LogP contribution in [-0.2, 0) is 28.7 Å². The Morgan fingerprint density at radius 2 is 2.00 bits per heavy atom. The molecule has 2 amide bonds. The number of hydrogen-bond donors (Lipinski definition) is 1. The maximum atomic E-state index is 12.9. The highest BCUT2D eigenvalue weighted by Gasteiger charge is 2.37. The zero-order valence-electron chi connectivity index (χ0n) is 18.2. The molecule has 0 radical (unpaired) electrons. The van der Waals surface area contributed by atoms with Crippen molar-refractivity contribution in [2.45, 2.75) is 52.3 Å². The SMILES string of the molecule is Cc1nc2nc(C(F)(F)F)nn2c(C)c1CCC(=O)Nc1cccc(CN2CCCC2=O)c1. The molecule has 3 heterocycles. The molecule has 1 fully saturated rings. The topological polar surface area (TPSA) is 92.5 Å². The van der Waals surface area contributed by atoms with E-state index < -0.39 is 12.0 Å². The molecule has 8 nitrogen and oxygen atoms in total. The third-order valence-electron chi connectivity index (χ3n) is 5.66. The van der Waals surface area contributed by atoms with E-state index in [9.17, 15) is 22.8 Å². The number of halogens is 3. The molecule has 0 aliphatic carbocycles. The highest BCUT2D eigenvalue weighted by molar-refractivity contribution is 5.91. The second-order valence-corrected chi connectivity index (χ2v) is 8.07. The second-order valence-electron chi connectivity index (χ2n) is 8.07. The van der Waals surface area contributed by atoms with E-state index in [-0.39, 0.29) is 30.4 Å². The normalized spacial score (nSPS) is 14.3. The van der Waals surface area contributed by atoms with Crippen molar-refractivity contribution in [1.29, 1.82) is 0 Å². The van der Waals surface area contributed by atoms with Gasteiger partial charge in [-0.25, -0.2) is 9.50 Å². The molecular weight excluding hydrogens is 437 g/mol. The molecule has 0 atom stereocenters. The predicted octanol–water partition coefficient (Wildman–Crippen LogP) is 3.45. The minimum atomic E-state index is -4.66. The van der Waals surface area contributed by atoms with E-state index in [0.717, 1.165) is 23.0 Å². The first-order chi connectivity index (χ1) is 15.6. The number of anilines is 1. The molecular formula is C22H23F3N6O2. The highest BCUT2D eigenvalue weighted by Crippen LogP contribution is 2.27. The minimum Gasteiger partial charge on any atom is -0.338 e. The summed E-state index contributed by atoms with van der Waals surface area (Å²) in [6.45, 7) is 4.55. The van der Waals surface area contributed by atoms with Crippen molar-refractivity contribution in [3.05, 3.63) is 52.6 Å². The number of nitrogens with one attached hydrogen (secondary N) is 1. The number of rotatable bonds is 6. The first-order valence-corrected chi connectivity index (χ1v) is 10.6. The summed E-state index contributed by atoms with van der Waals surface area (Å²) < 4.78 is 39.9. The molecule has 0 bridgehead atoms. The van der Waals surface area contributed by atoms with Crippen LogP contribution in [0.2, 0.25) is 0 Å². The Labute approximate surface area is 187 Å². The molecule has 0 spiro atoms. The maximum absolute atomic E-state index is 12.9. The summed E-state index contributed by atoms with van der Waals surface area (Å²) in [5.74, 6) is -1.48. The number of nitrogens with zero attached hydrogens (tertiary/aromatic N) is 5. The van der Waals surface area contributed by atoms with Crippen LogP contribution in [0.4, 0.5) is 18.9 Å². The summed E-state index contributed by atoms with van der Waals surface area (Å²) in [6, 6.07) is 7.33. The number of fused-ring (bicyclic) bond motifs is 1. The fraction of sp³-hybridized carbons (Fsp3) is 0.409. The quantitative estimate of drug-likeness (QED) is 0.608. The van der Waals surface area contributed by atoms with Gasteiger partial charge in [-0.2, -0.15) is 18.2 Å². The smallest absolute Gasteiger partial charge is 0.338 e. The molecule has 11 heteroatoms. The first-order valence-electron chi connectivity index (χ1n) is 10.6.